The van der Waals surface area contributed by atoms with E-state index in [0.717, 1.165) is 0 Å². The van der Waals surface area contributed by atoms with Crippen LogP contribution in [0.1, 0.15) is 37.9 Å². The highest BCUT2D eigenvalue weighted by atomic mass is 15.0. The van der Waals surface area contributed by atoms with E-state index in [-0.39, 0.29) is 11.6 Å². The fourth-order valence-electron chi connectivity index (χ4n) is 2.08. The Bertz CT molecular complexity index is 428. The molecule has 0 spiro atoms. The van der Waals surface area contributed by atoms with Crippen molar-refractivity contribution in [2.45, 2.75) is 32.4 Å². The van der Waals surface area contributed by atoms with Gasteiger partial charge in [-0.25, -0.2) is 0 Å². The summed E-state index contributed by atoms with van der Waals surface area (Å²) in [7, 11) is 0. The minimum atomic E-state index is 0.0797. The summed E-state index contributed by atoms with van der Waals surface area (Å²) in [5.41, 5.74) is 2.69. The van der Waals surface area contributed by atoms with Crippen molar-refractivity contribution in [3.63, 3.8) is 0 Å². The normalized spacial score (nSPS) is 11.8. The third-order valence-corrected chi connectivity index (χ3v) is 2.84. The van der Waals surface area contributed by atoms with Gasteiger partial charge in [0.2, 0.25) is 0 Å². The molecule has 1 heteroatoms. The standard InChI is InChI=1S/C17H21N/c1-17(2,3)18-16(14-10-6-4-7-11-14)15-12-8-5-9-13-15/h4-13,16,18H,1-3H3. The van der Waals surface area contributed by atoms with Crippen molar-refractivity contribution in [2.24, 2.45) is 0 Å². The molecule has 0 fully saturated rings. The molecule has 1 nitrogen and oxygen atoms in total. The van der Waals surface area contributed by atoms with Crippen molar-refractivity contribution in [3.05, 3.63) is 71.8 Å². The molecule has 0 unspecified atom stereocenters. The number of hydrogen-bond acceptors (Lipinski definition) is 1. The average Bonchev–Trinajstić information content (AvgIpc) is 2.37. The third-order valence-electron chi connectivity index (χ3n) is 2.84. The number of hydrogen-bond donors (Lipinski definition) is 1. The molecule has 0 saturated heterocycles. The smallest absolute Gasteiger partial charge is 0.0580 e. The maximum Gasteiger partial charge on any atom is 0.0580 e. The molecule has 0 atom stereocenters. The van der Waals surface area contributed by atoms with E-state index in [1.54, 1.807) is 0 Å². The molecule has 0 heterocycles. The molecule has 1 N–H and O–H groups in total. The molecule has 0 bridgehead atoms. The van der Waals surface area contributed by atoms with E-state index >= 15 is 0 Å². The highest BCUT2D eigenvalue weighted by Crippen LogP contribution is 2.24. The van der Waals surface area contributed by atoms with Gasteiger partial charge in [0.25, 0.3) is 0 Å². The van der Waals surface area contributed by atoms with Gasteiger partial charge in [-0.2, -0.15) is 0 Å². The Labute approximate surface area is 110 Å². The van der Waals surface area contributed by atoms with Crippen molar-refractivity contribution < 1.29 is 0 Å². The fourth-order valence-corrected chi connectivity index (χ4v) is 2.08. The zero-order valence-electron chi connectivity index (χ0n) is 11.4. The first kappa shape index (κ1) is 12.8. The molecule has 18 heavy (non-hydrogen) atoms. The molecule has 0 aromatic heterocycles. The van der Waals surface area contributed by atoms with E-state index in [0.29, 0.717) is 0 Å². The van der Waals surface area contributed by atoms with Crippen LogP contribution in [-0.2, 0) is 0 Å². The van der Waals surface area contributed by atoms with Gasteiger partial charge in [-0.3, -0.25) is 0 Å². The summed E-state index contributed by atoms with van der Waals surface area (Å²) < 4.78 is 0. The van der Waals surface area contributed by atoms with E-state index in [1.807, 2.05) is 0 Å². The molecule has 0 amide bonds. The molecular weight excluding hydrogens is 218 g/mol. The maximum atomic E-state index is 3.69. The summed E-state index contributed by atoms with van der Waals surface area (Å²) in [4.78, 5) is 0. The minimum absolute atomic E-state index is 0.0797. The number of nitrogens with one attached hydrogen (secondary N) is 1. The topological polar surface area (TPSA) is 12.0 Å². The lowest BCUT2D eigenvalue weighted by Crippen LogP contribution is -2.39. The van der Waals surface area contributed by atoms with Crippen LogP contribution in [0.5, 0.6) is 0 Å². The van der Waals surface area contributed by atoms with Crippen LogP contribution in [-0.4, -0.2) is 5.54 Å². The third kappa shape index (κ3) is 3.44. The second-order valence-corrected chi connectivity index (χ2v) is 5.65. The summed E-state index contributed by atoms with van der Waals surface area (Å²) in [5.74, 6) is 0. The lowest BCUT2D eigenvalue weighted by atomic mass is 9.95. The van der Waals surface area contributed by atoms with Crippen molar-refractivity contribution in [2.75, 3.05) is 0 Å². The van der Waals surface area contributed by atoms with E-state index in [4.69, 9.17) is 0 Å². The quantitative estimate of drug-likeness (QED) is 0.848. The van der Waals surface area contributed by atoms with Gasteiger partial charge in [-0.15, -0.1) is 0 Å². The van der Waals surface area contributed by atoms with Crippen molar-refractivity contribution in [1.29, 1.82) is 0 Å². The first-order valence-electron chi connectivity index (χ1n) is 6.44. The van der Waals surface area contributed by atoms with Gasteiger partial charge in [0.1, 0.15) is 0 Å². The van der Waals surface area contributed by atoms with Crippen LogP contribution in [0.2, 0.25) is 0 Å². The van der Waals surface area contributed by atoms with E-state index in [2.05, 4.69) is 86.8 Å². The van der Waals surface area contributed by atoms with Gasteiger partial charge >= 0.3 is 0 Å². The Kier molecular flexibility index (Phi) is 3.83. The van der Waals surface area contributed by atoms with Gasteiger partial charge in [-0.05, 0) is 31.9 Å². The van der Waals surface area contributed by atoms with Gasteiger partial charge in [0.05, 0.1) is 6.04 Å². The Balaban J connectivity index is 2.36. The Morgan fingerprint density at radius 3 is 1.44 bits per heavy atom. The lowest BCUT2D eigenvalue weighted by Gasteiger charge is -2.29. The van der Waals surface area contributed by atoms with Crippen LogP contribution in [0, 0.1) is 0 Å². The summed E-state index contributed by atoms with van der Waals surface area (Å²) in [6.45, 7) is 6.60. The van der Waals surface area contributed by atoms with Gasteiger partial charge in [-0.1, -0.05) is 60.7 Å². The average molecular weight is 239 g/mol. The first-order chi connectivity index (χ1) is 8.56. The summed E-state index contributed by atoms with van der Waals surface area (Å²) in [6, 6.07) is 21.4. The highest BCUT2D eigenvalue weighted by Gasteiger charge is 2.19. The first-order valence-corrected chi connectivity index (χ1v) is 6.44. The van der Waals surface area contributed by atoms with Crippen LogP contribution in [0.3, 0.4) is 0 Å². The molecule has 2 aromatic carbocycles. The molecule has 0 aliphatic rings. The Morgan fingerprint density at radius 1 is 0.722 bits per heavy atom. The molecule has 0 aliphatic carbocycles. The molecule has 0 radical (unpaired) electrons. The van der Waals surface area contributed by atoms with Crippen LogP contribution < -0.4 is 5.32 Å². The zero-order valence-corrected chi connectivity index (χ0v) is 11.4. The molecular formula is C17H21N. The van der Waals surface area contributed by atoms with E-state index in [1.165, 1.54) is 11.1 Å². The Hall–Kier alpha value is -1.60. The molecule has 94 valence electrons. The van der Waals surface area contributed by atoms with Gasteiger partial charge in [0, 0.05) is 5.54 Å². The monoisotopic (exact) mass is 239 g/mol. The second kappa shape index (κ2) is 5.36. The van der Waals surface area contributed by atoms with Crippen molar-refractivity contribution in [1.82, 2.24) is 5.32 Å². The zero-order chi connectivity index (χ0) is 13.0. The van der Waals surface area contributed by atoms with Crippen LogP contribution in [0.15, 0.2) is 60.7 Å². The lowest BCUT2D eigenvalue weighted by molar-refractivity contribution is 0.391. The fraction of sp³-hybridized carbons (Fsp3) is 0.294. The summed E-state index contributed by atoms with van der Waals surface area (Å²) in [5, 5.41) is 3.69. The van der Waals surface area contributed by atoms with Crippen LogP contribution in [0.4, 0.5) is 0 Å². The predicted octanol–water partition coefficient (Wildman–Crippen LogP) is 4.16. The largest absolute Gasteiger partial charge is 0.302 e. The summed E-state index contributed by atoms with van der Waals surface area (Å²) >= 11 is 0. The minimum Gasteiger partial charge on any atom is -0.302 e. The molecule has 2 rings (SSSR count). The van der Waals surface area contributed by atoms with Crippen molar-refractivity contribution in [3.8, 4) is 0 Å². The van der Waals surface area contributed by atoms with E-state index in [9.17, 15) is 0 Å². The van der Waals surface area contributed by atoms with Crippen LogP contribution in [0.25, 0.3) is 0 Å². The molecule has 0 aliphatic heterocycles. The van der Waals surface area contributed by atoms with E-state index < -0.39 is 0 Å². The second-order valence-electron chi connectivity index (χ2n) is 5.65. The Morgan fingerprint density at radius 2 is 1.11 bits per heavy atom. The predicted molar refractivity (Wildman–Crippen MR) is 77.6 cm³/mol. The summed E-state index contributed by atoms with van der Waals surface area (Å²) in [6.07, 6.45) is 0. The number of rotatable bonds is 3. The van der Waals surface area contributed by atoms with Gasteiger partial charge in [0.15, 0.2) is 0 Å². The van der Waals surface area contributed by atoms with Gasteiger partial charge < -0.3 is 5.32 Å². The molecule has 2 aromatic rings. The van der Waals surface area contributed by atoms with Crippen molar-refractivity contribution >= 4 is 0 Å². The molecule has 0 saturated carbocycles. The van der Waals surface area contributed by atoms with Crippen LogP contribution >= 0.6 is 0 Å². The highest BCUT2D eigenvalue weighted by molar-refractivity contribution is 5.31. The number of benzene rings is 2. The SMILES string of the molecule is CC(C)(C)NC(c1ccccc1)c1ccccc1. The maximum absolute atomic E-state index is 3.69.